The third-order valence-electron chi connectivity index (χ3n) is 3.42. The molecule has 0 heterocycles. The minimum Gasteiger partial charge on any atom is -0.334 e. The fourth-order valence-corrected chi connectivity index (χ4v) is 2.36. The first-order chi connectivity index (χ1) is 10.9. The second kappa shape index (κ2) is 7.64. The van der Waals surface area contributed by atoms with Crippen molar-refractivity contribution < 1.29 is 22.4 Å². The van der Waals surface area contributed by atoms with Gasteiger partial charge in [0.2, 0.25) is 0 Å². The molecule has 0 saturated carbocycles. The molecule has 1 amide bonds. The summed E-state index contributed by atoms with van der Waals surface area (Å²) in [5, 5.41) is 0. The van der Waals surface area contributed by atoms with Crippen molar-refractivity contribution in [2.45, 2.75) is 46.0 Å². The average Bonchev–Trinajstić information content (AvgIpc) is 2.43. The predicted molar refractivity (Wildman–Crippen MR) is 86.7 cm³/mol. The summed E-state index contributed by atoms with van der Waals surface area (Å²) in [5.74, 6) is -1.10. The maximum atomic E-state index is 13.1. The van der Waals surface area contributed by atoms with Gasteiger partial charge < -0.3 is 4.90 Å². The molecule has 0 aliphatic rings. The van der Waals surface area contributed by atoms with Crippen molar-refractivity contribution in [2.75, 3.05) is 0 Å². The van der Waals surface area contributed by atoms with Gasteiger partial charge in [-0.25, -0.2) is 4.39 Å². The minimum atomic E-state index is -4.65. The van der Waals surface area contributed by atoms with Crippen molar-refractivity contribution >= 4 is 11.5 Å². The van der Waals surface area contributed by atoms with Crippen LogP contribution in [0.1, 0.15) is 33.3 Å². The fourth-order valence-electron chi connectivity index (χ4n) is 2.36. The highest BCUT2D eigenvalue weighted by molar-refractivity contribution is 6.20. The fraction of sp³-hybridized carbons (Fsp3) is 0.389. The maximum Gasteiger partial charge on any atom is 0.415 e. The Bertz CT molecular complexity index is 619. The van der Waals surface area contributed by atoms with Gasteiger partial charge in [0.05, 0.1) is 0 Å². The van der Waals surface area contributed by atoms with Crippen molar-refractivity contribution in [1.29, 1.82) is 0 Å². The standard InChI is InChI=1S/C18H21F4NO/c1-11(2)23(12(3)4)17(24)16(10-13(5)18(20,21)22)14-6-8-15(19)9-7-14/h6-12H,5H2,1-4H3/b16-10+. The van der Waals surface area contributed by atoms with Crippen LogP contribution in [0.2, 0.25) is 0 Å². The second-order valence-corrected chi connectivity index (χ2v) is 5.99. The van der Waals surface area contributed by atoms with Crippen LogP contribution in [-0.4, -0.2) is 29.1 Å². The molecule has 1 rings (SSSR count). The molecule has 132 valence electrons. The number of benzene rings is 1. The molecule has 1 aromatic carbocycles. The lowest BCUT2D eigenvalue weighted by atomic mass is 10.00. The molecular weight excluding hydrogens is 322 g/mol. The molecule has 0 fully saturated rings. The van der Waals surface area contributed by atoms with E-state index in [0.717, 1.165) is 12.1 Å². The summed E-state index contributed by atoms with van der Waals surface area (Å²) in [6.07, 6.45) is -3.93. The molecule has 24 heavy (non-hydrogen) atoms. The first-order valence-corrected chi connectivity index (χ1v) is 7.51. The molecule has 2 nitrogen and oxygen atoms in total. The van der Waals surface area contributed by atoms with E-state index in [4.69, 9.17) is 0 Å². The number of hydrogen-bond acceptors (Lipinski definition) is 1. The highest BCUT2D eigenvalue weighted by Gasteiger charge is 2.32. The van der Waals surface area contributed by atoms with Crippen LogP contribution in [0.25, 0.3) is 5.57 Å². The van der Waals surface area contributed by atoms with E-state index in [1.54, 1.807) is 27.7 Å². The summed E-state index contributed by atoms with van der Waals surface area (Å²) in [6, 6.07) is 4.34. The predicted octanol–water partition coefficient (Wildman–Crippen LogP) is 4.97. The molecule has 0 radical (unpaired) electrons. The number of rotatable bonds is 5. The first-order valence-electron chi connectivity index (χ1n) is 7.51. The van der Waals surface area contributed by atoms with Crippen LogP contribution >= 0.6 is 0 Å². The number of allylic oxidation sites excluding steroid dienone is 2. The van der Waals surface area contributed by atoms with Crippen LogP contribution < -0.4 is 0 Å². The highest BCUT2D eigenvalue weighted by atomic mass is 19.4. The third kappa shape index (κ3) is 4.94. The van der Waals surface area contributed by atoms with Crippen LogP contribution in [-0.2, 0) is 4.79 Å². The quantitative estimate of drug-likeness (QED) is 0.420. The maximum absolute atomic E-state index is 13.1. The molecular formula is C18H21F4NO. The van der Waals surface area contributed by atoms with Crippen molar-refractivity contribution in [3.8, 4) is 0 Å². The number of alkyl halides is 3. The van der Waals surface area contributed by atoms with Crippen LogP contribution in [0, 0.1) is 5.82 Å². The molecule has 6 heteroatoms. The number of carbonyl (C=O) groups is 1. The molecule has 0 aliphatic carbocycles. The van der Waals surface area contributed by atoms with Gasteiger partial charge in [0.15, 0.2) is 0 Å². The smallest absolute Gasteiger partial charge is 0.334 e. The summed E-state index contributed by atoms with van der Waals surface area (Å²) < 4.78 is 51.6. The Balaban J connectivity index is 3.43. The van der Waals surface area contributed by atoms with Crippen molar-refractivity contribution in [3.63, 3.8) is 0 Å². The highest BCUT2D eigenvalue weighted by Crippen LogP contribution is 2.29. The van der Waals surface area contributed by atoms with Crippen LogP contribution in [0.5, 0.6) is 0 Å². The number of nitrogens with zero attached hydrogens (tertiary/aromatic N) is 1. The number of amides is 1. The molecule has 1 aromatic rings. The molecule has 0 atom stereocenters. The number of hydrogen-bond donors (Lipinski definition) is 0. The van der Waals surface area contributed by atoms with E-state index >= 15 is 0 Å². The van der Waals surface area contributed by atoms with Gasteiger partial charge in [-0.3, -0.25) is 4.79 Å². The topological polar surface area (TPSA) is 20.3 Å². The monoisotopic (exact) mass is 343 g/mol. The summed E-state index contributed by atoms with van der Waals surface area (Å²) in [7, 11) is 0. The summed E-state index contributed by atoms with van der Waals surface area (Å²) in [5.41, 5.74) is -1.10. The Hall–Kier alpha value is -2.11. The molecule has 0 spiro atoms. The van der Waals surface area contributed by atoms with Crippen molar-refractivity contribution in [1.82, 2.24) is 4.90 Å². The molecule has 0 bridgehead atoms. The summed E-state index contributed by atoms with van der Waals surface area (Å²) in [4.78, 5) is 14.3. The zero-order chi connectivity index (χ0) is 18.7. The number of halogens is 4. The second-order valence-electron chi connectivity index (χ2n) is 5.99. The average molecular weight is 343 g/mol. The van der Waals surface area contributed by atoms with Crippen LogP contribution in [0.15, 0.2) is 42.5 Å². The van der Waals surface area contributed by atoms with Crippen molar-refractivity contribution in [3.05, 3.63) is 53.9 Å². The lowest BCUT2D eigenvalue weighted by Gasteiger charge is -2.32. The van der Waals surface area contributed by atoms with Crippen LogP contribution in [0.3, 0.4) is 0 Å². The molecule has 0 aliphatic heterocycles. The van der Waals surface area contributed by atoms with Gasteiger partial charge in [-0.15, -0.1) is 0 Å². The third-order valence-corrected chi connectivity index (χ3v) is 3.42. The van der Waals surface area contributed by atoms with E-state index in [1.165, 1.54) is 17.0 Å². The van der Waals surface area contributed by atoms with E-state index in [0.29, 0.717) is 6.08 Å². The summed E-state index contributed by atoms with van der Waals surface area (Å²) >= 11 is 0. The van der Waals surface area contributed by atoms with Crippen LogP contribution in [0.4, 0.5) is 17.6 Å². The van der Waals surface area contributed by atoms with Gasteiger partial charge in [0.25, 0.3) is 5.91 Å². The largest absolute Gasteiger partial charge is 0.415 e. The van der Waals surface area contributed by atoms with Crippen molar-refractivity contribution in [2.24, 2.45) is 0 Å². The van der Waals surface area contributed by atoms with Gasteiger partial charge >= 0.3 is 6.18 Å². The first kappa shape index (κ1) is 19.9. The Morgan fingerprint density at radius 3 is 1.92 bits per heavy atom. The zero-order valence-corrected chi connectivity index (χ0v) is 14.1. The molecule has 0 saturated heterocycles. The Labute approximate surface area is 139 Å². The normalized spacial score (nSPS) is 12.7. The van der Waals surface area contributed by atoms with E-state index < -0.39 is 23.5 Å². The van der Waals surface area contributed by atoms with Gasteiger partial charge in [-0.1, -0.05) is 18.7 Å². The van der Waals surface area contributed by atoms with Gasteiger partial charge in [0, 0.05) is 23.2 Å². The molecule has 0 aromatic heterocycles. The summed E-state index contributed by atoms with van der Waals surface area (Å²) in [6.45, 7) is 10.1. The van der Waals surface area contributed by atoms with Gasteiger partial charge in [-0.2, -0.15) is 13.2 Å². The Morgan fingerprint density at radius 1 is 1.08 bits per heavy atom. The zero-order valence-electron chi connectivity index (χ0n) is 14.1. The van der Waals surface area contributed by atoms with E-state index in [1.807, 2.05) is 0 Å². The van der Waals surface area contributed by atoms with Gasteiger partial charge in [0.1, 0.15) is 5.82 Å². The van der Waals surface area contributed by atoms with Gasteiger partial charge in [-0.05, 0) is 51.5 Å². The van der Waals surface area contributed by atoms with E-state index in [9.17, 15) is 22.4 Å². The Morgan fingerprint density at radius 2 is 1.54 bits per heavy atom. The minimum absolute atomic E-state index is 0.167. The van der Waals surface area contributed by atoms with E-state index in [-0.39, 0.29) is 23.2 Å². The Kier molecular flexibility index (Phi) is 6.35. The molecule has 0 unspecified atom stereocenters. The lowest BCUT2D eigenvalue weighted by molar-refractivity contribution is -0.128. The van der Waals surface area contributed by atoms with E-state index in [2.05, 4.69) is 6.58 Å². The molecule has 0 N–H and O–H groups in total. The lowest BCUT2D eigenvalue weighted by Crippen LogP contribution is -2.42. The SMILES string of the molecule is C=C(/C=C(/C(=O)N(C(C)C)C(C)C)c1ccc(F)cc1)C(F)(F)F. The number of carbonyl (C=O) groups excluding carboxylic acids is 1.